The maximum atomic E-state index is 10.3. The Hall–Kier alpha value is -0.120. The van der Waals surface area contributed by atoms with Crippen LogP contribution in [0.5, 0.6) is 0 Å². The molecular formula is C26H55NO2. The number of aliphatic hydroxyl groups is 2. The summed E-state index contributed by atoms with van der Waals surface area (Å²) in [4.78, 5) is 2.06. The average Bonchev–Trinajstić information content (AvgIpc) is 2.70. The van der Waals surface area contributed by atoms with Crippen LogP contribution in [0.3, 0.4) is 0 Å². The summed E-state index contributed by atoms with van der Waals surface area (Å²) < 4.78 is 0. The summed E-state index contributed by atoms with van der Waals surface area (Å²) in [7, 11) is 0. The highest BCUT2D eigenvalue weighted by atomic mass is 16.3. The first-order chi connectivity index (χ1) is 14.1. The molecule has 2 N–H and O–H groups in total. The molecular weight excluding hydrogens is 358 g/mol. The van der Waals surface area contributed by atoms with Crippen LogP contribution in [0.15, 0.2) is 0 Å². The van der Waals surface area contributed by atoms with E-state index >= 15 is 0 Å². The minimum Gasteiger partial charge on any atom is -0.392 e. The van der Waals surface area contributed by atoms with Crippen molar-refractivity contribution in [2.24, 2.45) is 0 Å². The molecule has 0 fully saturated rings. The minimum atomic E-state index is -0.457. The molecule has 0 radical (unpaired) electrons. The van der Waals surface area contributed by atoms with Crippen LogP contribution in [0.1, 0.15) is 143 Å². The molecule has 0 saturated heterocycles. The highest BCUT2D eigenvalue weighted by molar-refractivity contribution is 4.66. The maximum Gasteiger partial charge on any atom is 0.104 e. The van der Waals surface area contributed by atoms with E-state index in [0.717, 1.165) is 25.8 Å². The van der Waals surface area contributed by atoms with Gasteiger partial charge >= 0.3 is 0 Å². The number of hydrogen-bond acceptors (Lipinski definition) is 3. The van der Waals surface area contributed by atoms with Crippen molar-refractivity contribution < 1.29 is 10.2 Å². The summed E-state index contributed by atoms with van der Waals surface area (Å²) in [5.74, 6) is 0. The summed E-state index contributed by atoms with van der Waals surface area (Å²) in [6, 6.07) is 0. The van der Waals surface area contributed by atoms with Crippen LogP contribution in [-0.2, 0) is 0 Å². The monoisotopic (exact) mass is 413 g/mol. The fourth-order valence-corrected chi connectivity index (χ4v) is 4.11. The van der Waals surface area contributed by atoms with Gasteiger partial charge in [0.1, 0.15) is 6.23 Å². The minimum absolute atomic E-state index is 0.298. The molecule has 176 valence electrons. The first-order valence-corrected chi connectivity index (χ1v) is 13.2. The van der Waals surface area contributed by atoms with Crippen molar-refractivity contribution in [3.8, 4) is 0 Å². The molecule has 0 saturated carbocycles. The lowest BCUT2D eigenvalue weighted by Gasteiger charge is -2.27. The van der Waals surface area contributed by atoms with Crippen molar-refractivity contribution in [3.63, 3.8) is 0 Å². The van der Waals surface area contributed by atoms with Gasteiger partial charge in [0.15, 0.2) is 0 Å². The third-order valence-corrected chi connectivity index (χ3v) is 6.16. The van der Waals surface area contributed by atoms with Gasteiger partial charge < -0.3 is 10.2 Å². The second kappa shape index (κ2) is 22.6. The summed E-state index contributed by atoms with van der Waals surface area (Å²) in [6.07, 6.45) is 23.8. The predicted octanol–water partition coefficient (Wildman–Crippen LogP) is 7.44. The van der Waals surface area contributed by atoms with Gasteiger partial charge in [-0.2, -0.15) is 0 Å². The fraction of sp³-hybridized carbons (Fsp3) is 1.00. The zero-order chi connectivity index (χ0) is 21.6. The second-order valence-electron chi connectivity index (χ2n) is 9.23. The van der Waals surface area contributed by atoms with Crippen molar-refractivity contribution in [2.45, 2.75) is 155 Å². The zero-order valence-electron chi connectivity index (χ0n) is 20.3. The SMILES string of the molecule is CCCCCCCCCCCCN(CC(O)CCCCCCCCCC)C(C)O. The van der Waals surface area contributed by atoms with Crippen LogP contribution in [0.2, 0.25) is 0 Å². The Kier molecular flexibility index (Phi) is 22.5. The number of hydrogen-bond donors (Lipinski definition) is 2. The predicted molar refractivity (Wildman–Crippen MR) is 128 cm³/mol. The molecule has 0 aromatic rings. The van der Waals surface area contributed by atoms with Gasteiger partial charge in [0.05, 0.1) is 6.10 Å². The molecule has 0 spiro atoms. The van der Waals surface area contributed by atoms with Crippen LogP contribution < -0.4 is 0 Å². The number of rotatable bonds is 23. The van der Waals surface area contributed by atoms with Crippen LogP contribution in [0.25, 0.3) is 0 Å². The number of aliphatic hydroxyl groups excluding tert-OH is 2. The average molecular weight is 414 g/mol. The molecule has 2 atom stereocenters. The van der Waals surface area contributed by atoms with E-state index in [1.807, 2.05) is 6.92 Å². The van der Waals surface area contributed by atoms with Crippen molar-refractivity contribution in [1.82, 2.24) is 4.90 Å². The molecule has 0 bridgehead atoms. The van der Waals surface area contributed by atoms with E-state index in [4.69, 9.17) is 0 Å². The smallest absolute Gasteiger partial charge is 0.104 e. The lowest BCUT2D eigenvalue weighted by molar-refractivity contribution is -0.0137. The van der Waals surface area contributed by atoms with Crippen LogP contribution in [0.4, 0.5) is 0 Å². The van der Waals surface area contributed by atoms with Gasteiger partial charge in [-0.05, 0) is 19.8 Å². The van der Waals surface area contributed by atoms with E-state index in [0.29, 0.717) is 6.54 Å². The maximum absolute atomic E-state index is 10.3. The first kappa shape index (κ1) is 28.9. The van der Waals surface area contributed by atoms with E-state index in [1.54, 1.807) is 0 Å². The Morgan fingerprint density at radius 1 is 0.552 bits per heavy atom. The molecule has 0 amide bonds. The molecule has 29 heavy (non-hydrogen) atoms. The quantitative estimate of drug-likeness (QED) is 0.135. The van der Waals surface area contributed by atoms with Gasteiger partial charge in [0, 0.05) is 13.1 Å². The van der Waals surface area contributed by atoms with E-state index in [-0.39, 0.29) is 6.10 Å². The Morgan fingerprint density at radius 2 is 0.931 bits per heavy atom. The van der Waals surface area contributed by atoms with E-state index in [1.165, 1.54) is 103 Å². The van der Waals surface area contributed by atoms with Gasteiger partial charge in [-0.25, -0.2) is 0 Å². The molecule has 2 unspecified atom stereocenters. The highest BCUT2D eigenvalue weighted by Crippen LogP contribution is 2.13. The Morgan fingerprint density at radius 3 is 1.34 bits per heavy atom. The molecule has 0 aliphatic rings. The molecule has 0 rings (SSSR count). The largest absolute Gasteiger partial charge is 0.392 e. The van der Waals surface area contributed by atoms with Crippen LogP contribution in [0, 0.1) is 0 Å². The van der Waals surface area contributed by atoms with Gasteiger partial charge in [0.25, 0.3) is 0 Å². The first-order valence-electron chi connectivity index (χ1n) is 13.2. The van der Waals surface area contributed by atoms with Crippen molar-refractivity contribution in [2.75, 3.05) is 13.1 Å². The third-order valence-electron chi connectivity index (χ3n) is 6.16. The molecule has 0 aromatic heterocycles. The standard InChI is InChI=1S/C26H55NO2/c1-4-6-8-10-12-14-15-17-19-21-23-27(25(3)28)24-26(29)22-20-18-16-13-11-9-7-5-2/h25-26,28-29H,4-24H2,1-3H3. The van der Waals surface area contributed by atoms with Crippen LogP contribution >= 0.6 is 0 Å². The Labute approximate surface area is 183 Å². The molecule has 3 heteroatoms. The second-order valence-corrected chi connectivity index (χ2v) is 9.23. The van der Waals surface area contributed by atoms with Gasteiger partial charge in [-0.15, -0.1) is 0 Å². The van der Waals surface area contributed by atoms with Crippen molar-refractivity contribution >= 4 is 0 Å². The zero-order valence-corrected chi connectivity index (χ0v) is 20.3. The van der Waals surface area contributed by atoms with Gasteiger partial charge in [0.2, 0.25) is 0 Å². The normalized spacial score (nSPS) is 13.9. The van der Waals surface area contributed by atoms with E-state index in [9.17, 15) is 10.2 Å². The molecule has 3 nitrogen and oxygen atoms in total. The highest BCUT2D eigenvalue weighted by Gasteiger charge is 2.15. The van der Waals surface area contributed by atoms with Gasteiger partial charge in [-0.3, -0.25) is 4.90 Å². The lowest BCUT2D eigenvalue weighted by atomic mass is 10.0. The molecule has 0 heterocycles. The summed E-state index contributed by atoms with van der Waals surface area (Å²) >= 11 is 0. The van der Waals surface area contributed by atoms with E-state index < -0.39 is 6.23 Å². The number of nitrogens with zero attached hydrogens (tertiary/aromatic N) is 1. The fourth-order valence-electron chi connectivity index (χ4n) is 4.11. The van der Waals surface area contributed by atoms with Crippen LogP contribution in [-0.4, -0.2) is 40.5 Å². The lowest BCUT2D eigenvalue weighted by Crippen LogP contribution is -2.39. The number of unbranched alkanes of at least 4 members (excludes halogenated alkanes) is 16. The van der Waals surface area contributed by atoms with Crippen molar-refractivity contribution in [1.29, 1.82) is 0 Å². The molecule has 0 aliphatic heterocycles. The third kappa shape index (κ3) is 20.9. The van der Waals surface area contributed by atoms with E-state index in [2.05, 4.69) is 18.7 Å². The summed E-state index contributed by atoms with van der Waals surface area (Å²) in [5, 5.41) is 20.4. The molecule has 0 aromatic carbocycles. The Balaban J connectivity index is 3.62. The summed E-state index contributed by atoms with van der Waals surface area (Å²) in [6.45, 7) is 7.88. The topological polar surface area (TPSA) is 43.7 Å². The van der Waals surface area contributed by atoms with Crippen molar-refractivity contribution in [3.05, 3.63) is 0 Å². The Bertz CT molecular complexity index is 309. The van der Waals surface area contributed by atoms with Gasteiger partial charge in [-0.1, -0.05) is 123 Å². The molecule has 0 aliphatic carbocycles. The summed E-state index contributed by atoms with van der Waals surface area (Å²) in [5.41, 5.74) is 0.